The van der Waals surface area contributed by atoms with E-state index in [-0.39, 0.29) is 16.8 Å². The fourth-order valence-electron chi connectivity index (χ4n) is 3.71. The van der Waals surface area contributed by atoms with Gasteiger partial charge in [-0.3, -0.25) is 9.69 Å². The summed E-state index contributed by atoms with van der Waals surface area (Å²) in [6.07, 6.45) is 2.33. The first-order valence-corrected chi connectivity index (χ1v) is 11.4. The van der Waals surface area contributed by atoms with Gasteiger partial charge in [-0.2, -0.15) is 0 Å². The third kappa shape index (κ3) is 5.04. The zero-order valence-electron chi connectivity index (χ0n) is 17.2. The number of likely N-dealkylation sites (tertiary alicyclic amines) is 1. The van der Waals surface area contributed by atoms with Crippen LogP contribution in [0.1, 0.15) is 45.9 Å². The van der Waals surface area contributed by atoms with Gasteiger partial charge in [-0.05, 0) is 70.1 Å². The summed E-state index contributed by atoms with van der Waals surface area (Å²) in [6.45, 7) is 6.38. The normalized spacial score (nSPS) is 16.0. The Labute approximate surface area is 173 Å². The number of benzene rings is 2. The summed E-state index contributed by atoms with van der Waals surface area (Å²) in [4.78, 5) is 15.4. The predicted octanol–water partition coefficient (Wildman–Crippen LogP) is 2.78. The van der Waals surface area contributed by atoms with Crippen molar-refractivity contribution in [2.24, 2.45) is 0 Å². The van der Waals surface area contributed by atoms with Crippen molar-refractivity contribution in [3.05, 3.63) is 64.7 Å². The van der Waals surface area contributed by atoms with Crippen LogP contribution in [0.2, 0.25) is 0 Å². The lowest BCUT2D eigenvalue weighted by Gasteiger charge is -2.28. The highest BCUT2D eigenvalue weighted by Gasteiger charge is 2.24. The molecule has 1 fully saturated rings. The van der Waals surface area contributed by atoms with Crippen molar-refractivity contribution in [3.63, 3.8) is 0 Å². The van der Waals surface area contributed by atoms with Crippen molar-refractivity contribution in [1.29, 1.82) is 0 Å². The zero-order valence-corrected chi connectivity index (χ0v) is 18.1. The van der Waals surface area contributed by atoms with Gasteiger partial charge in [0.05, 0.1) is 10.9 Å². The predicted molar refractivity (Wildman–Crippen MR) is 114 cm³/mol. The Morgan fingerprint density at radius 3 is 2.34 bits per heavy atom. The molecule has 0 aliphatic carbocycles. The molecule has 7 heteroatoms. The molecule has 1 atom stereocenters. The van der Waals surface area contributed by atoms with E-state index in [1.807, 2.05) is 6.92 Å². The van der Waals surface area contributed by atoms with Crippen LogP contribution >= 0.6 is 0 Å². The molecule has 0 radical (unpaired) electrons. The Morgan fingerprint density at radius 2 is 1.72 bits per heavy atom. The van der Waals surface area contributed by atoms with Crippen molar-refractivity contribution in [1.82, 2.24) is 14.9 Å². The van der Waals surface area contributed by atoms with Crippen molar-refractivity contribution >= 4 is 15.9 Å². The maximum atomic E-state index is 12.9. The van der Waals surface area contributed by atoms with E-state index < -0.39 is 10.0 Å². The topological polar surface area (TPSA) is 78.5 Å². The van der Waals surface area contributed by atoms with Gasteiger partial charge in [-0.25, -0.2) is 13.1 Å². The van der Waals surface area contributed by atoms with Crippen molar-refractivity contribution < 1.29 is 13.2 Å². The molecule has 2 N–H and O–H groups in total. The maximum absolute atomic E-state index is 12.9. The third-order valence-corrected chi connectivity index (χ3v) is 6.94. The van der Waals surface area contributed by atoms with Gasteiger partial charge in [0.15, 0.2) is 0 Å². The van der Waals surface area contributed by atoms with Crippen LogP contribution in [-0.2, 0) is 10.0 Å². The molecule has 29 heavy (non-hydrogen) atoms. The highest BCUT2D eigenvalue weighted by atomic mass is 32.2. The standard InChI is InChI=1S/C22H29N3O3S/c1-16-6-9-18(10-7-16)21(25-12-4-5-13-25)15-24-22(26)20-14-19(11-8-17(20)2)29(27,28)23-3/h6-11,14,21,23H,4-5,12-13,15H2,1-3H3,(H,24,26). The van der Waals surface area contributed by atoms with E-state index in [0.29, 0.717) is 12.1 Å². The number of aryl methyl sites for hydroxylation is 2. The Balaban J connectivity index is 1.80. The number of nitrogens with zero attached hydrogens (tertiary/aromatic N) is 1. The number of sulfonamides is 1. The number of carbonyl (C=O) groups excluding carboxylic acids is 1. The van der Waals surface area contributed by atoms with E-state index in [1.54, 1.807) is 6.07 Å². The minimum absolute atomic E-state index is 0.0883. The van der Waals surface area contributed by atoms with Gasteiger partial charge in [-0.15, -0.1) is 0 Å². The molecular formula is C22H29N3O3S. The summed E-state index contributed by atoms with van der Waals surface area (Å²) in [5, 5.41) is 3.03. The minimum atomic E-state index is -3.60. The molecule has 2 aromatic rings. The summed E-state index contributed by atoms with van der Waals surface area (Å²) in [6, 6.07) is 13.1. The van der Waals surface area contributed by atoms with E-state index in [0.717, 1.165) is 18.7 Å². The minimum Gasteiger partial charge on any atom is -0.350 e. The van der Waals surface area contributed by atoms with Crippen LogP contribution in [0.5, 0.6) is 0 Å². The van der Waals surface area contributed by atoms with Gasteiger partial charge < -0.3 is 5.32 Å². The molecule has 1 aliphatic rings. The average molecular weight is 416 g/mol. The van der Waals surface area contributed by atoms with Crippen LogP contribution in [0.3, 0.4) is 0 Å². The number of rotatable bonds is 7. The molecule has 1 saturated heterocycles. The first-order chi connectivity index (χ1) is 13.8. The molecule has 0 bridgehead atoms. The molecular weight excluding hydrogens is 386 g/mol. The zero-order chi connectivity index (χ0) is 21.0. The Kier molecular flexibility index (Phi) is 6.72. The second kappa shape index (κ2) is 9.07. The van der Waals surface area contributed by atoms with E-state index in [2.05, 4.69) is 46.1 Å². The number of carbonyl (C=O) groups is 1. The number of hydrogen-bond acceptors (Lipinski definition) is 4. The maximum Gasteiger partial charge on any atom is 0.251 e. The molecule has 0 saturated carbocycles. The molecule has 1 aliphatic heterocycles. The molecule has 2 aromatic carbocycles. The van der Waals surface area contributed by atoms with E-state index in [1.165, 1.54) is 43.1 Å². The van der Waals surface area contributed by atoms with Gasteiger partial charge in [0.2, 0.25) is 10.0 Å². The average Bonchev–Trinajstić information content (AvgIpc) is 3.24. The quantitative estimate of drug-likeness (QED) is 0.729. The number of hydrogen-bond donors (Lipinski definition) is 2. The van der Waals surface area contributed by atoms with Gasteiger partial charge in [-0.1, -0.05) is 35.9 Å². The van der Waals surface area contributed by atoms with Crippen molar-refractivity contribution in [2.45, 2.75) is 37.6 Å². The molecule has 1 unspecified atom stereocenters. The second-order valence-corrected chi connectivity index (χ2v) is 9.45. The smallest absolute Gasteiger partial charge is 0.251 e. The van der Waals surface area contributed by atoms with Crippen LogP contribution in [0.15, 0.2) is 47.4 Å². The highest BCUT2D eigenvalue weighted by Crippen LogP contribution is 2.25. The van der Waals surface area contributed by atoms with E-state index in [9.17, 15) is 13.2 Å². The van der Waals surface area contributed by atoms with Crippen LogP contribution in [0.4, 0.5) is 0 Å². The monoisotopic (exact) mass is 415 g/mol. The molecule has 1 amide bonds. The Morgan fingerprint density at radius 1 is 1.07 bits per heavy atom. The van der Waals surface area contributed by atoms with Gasteiger partial charge in [0.1, 0.15) is 0 Å². The summed E-state index contributed by atoms with van der Waals surface area (Å²) in [5.41, 5.74) is 3.51. The molecule has 0 aromatic heterocycles. The van der Waals surface area contributed by atoms with Crippen LogP contribution in [0.25, 0.3) is 0 Å². The Bertz CT molecular complexity index is 965. The molecule has 1 heterocycles. The third-order valence-electron chi connectivity index (χ3n) is 5.53. The summed E-state index contributed by atoms with van der Waals surface area (Å²) >= 11 is 0. The summed E-state index contributed by atoms with van der Waals surface area (Å²) in [7, 11) is -2.24. The van der Waals surface area contributed by atoms with Crippen molar-refractivity contribution in [3.8, 4) is 0 Å². The molecule has 0 spiro atoms. The van der Waals surface area contributed by atoms with E-state index in [4.69, 9.17) is 0 Å². The summed E-state index contributed by atoms with van der Waals surface area (Å²) < 4.78 is 26.5. The first kappa shape index (κ1) is 21.5. The fourth-order valence-corrected chi connectivity index (χ4v) is 4.47. The SMILES string of the molecule is CNS(=O)(=O)c1ccc(C)c(C(=O)NCC(c2ccc(C)cc2)N2CCCC2)c1. The lowest BCUT2D eigenvalue weighted by Crippen LogP contribution is -2.37. The molecule has 3 rings (SSSR count). The summed E-state index contributed by atoms with van der Waals surface area (Å²) in [5.74, 6) is -0.257. The molecule has 156 valence electrons. The van der Waals surface area contributed by atoms with Crippen molar-refractivity contribution in [2.75, 3.05) is 26.7 Å². The first-order valence-electron chi connectivity index (χ1n) is 9.95. The van der Waals surface area contributed by atoms with Gasteiger partial charge >= 0.3 is 0 Å². The van der Waals surface area contributed by atoms with Crippen LogP contribution in [0, 0.1) is 13.8 Å². The lowest BCUT2D eigenvalue weighted by molar-refractivity contribution is 0.0937. The highest BCUT2D eigenvalue weighted by molar-refractivity contribution is 7.89. The second-order valence-electron chi connectivity index (χ2n) is 7.56. The van der Waals surface area contributed by atoms with Gasteiger partial charge in [0, 0.05) is 12.1 Å². The van der Waals surface area contributed by atoms with Gasteiger partial charge in [0.25, 0.3) is 5.91 Å². The largest absolute Gasteiger partial charge is 0.350 e. The van der Waals surface area contributed by atoms with Crippen LogP contribution < -0.4 is 10.0 Å². The fraction of sp³-hybridized carbons (Fsp3) is 0.409. The molecule has 6 nitrogen and oxygen atoms in total. The van der Waals surface area contributed by atoms with Crippen LogP contribution in [-0.4, -0.2) is 45.9 Å². The Hall–Kier alpha value is -2.22. The lowest BCUT2D eigenvalue weighted by atomic mass is 10.0. The number of amides is 1. The number of nitrogens with one attached hydrogen (secondary N) is 2. The van der Waals surface area contributed by atoms with E-state index >= 15 is 0 Å².